The summed E-state index contributed by atoms with van der Waals surface area (Å²) in [4.78, 5) is 14.3. The molecule has 1 fully saturated rings. The highest BCUT2D eigenvalue weighted by atomic mass is 79.9. The Morgan fingerprint density at radius 3 is 2.71 bits per heavy atom. The van der Waals surface area contributed by atoms with Crippen LogP contribution in [0.15, 0.2) is 22.7 Å². The number of benzene rings is 1. The molecule has 1 aromatic carbocycles. The van der Waals surface area contributed by atoms with Crippen LogP contribution in [0.3, 0.4) is 0 Å². The van der Waals surface area contributed by atoms with Gasteiger partial charge in [-0.1, -0.05) is 6.92 Å². The lowest BCUT2D eigenvalue weighted by Gasteiger charge is -2.21. The van der Waals surface area contributed by atoms with Crippen LogP contribution < -0.4 is 5.73 Å². The molecule has 4 heteroatoms. The van der Waals surface area contributed by atoms with Crippen LogP contribution in [-0.4, -0.2) is 23.4 Å². The van der Waals surface area contributed by atoms with E-state index in [1.54, 1.807) is 18.2 Å². The first-order valence-electron chi connectivity index (χ1n) is 5.85. The van der Waals surface area contributed by atoms with Crippen molar-refractivity contribution >= 4 is 27.5 Å². The average Bonchev–Trinajstić information content (AvgIpc) is 2.61. The predicted octanol–water partition coefficient (Wildman–Crippen LogP) is 2.90. The van der Waals surface area contributed by atoms with Crippen LogP contribution in [0, 0.1) is 5.92 Å². The standard InChI is InChI=1S/C13H17BrN2O/c1-8-5-9(2)16(7-8)13(17)10-3-4-12(15)11(14)6-10/h3-4,6,8-9H,5,7,15H2,1-2H3. The second kappa shape index (κ2) is 4.69. The fourth-order valence-corrected chi connectivity index (χ4v) is 2.79. The van der Waals surface area contributed by atoms with E-state index in [0.717, 1.165) is 17.4 Å². The number of carbonyl (C=O) groups excluding carboxylic acids is 1. The maximum absolute atomic E-state index is 12.3. The molecule has 1 aliphatic rings. The highest BCUT2D eigenvalue weighted by molar-refractivity contribution is 9.10. The van der Waals surface area contributed by atoms with Gasteiger partial charge in [0.1, 0.15) is 0 Å². The van der Waals surface area contributed by atoms with Crippen molar-refractivity contribution in [2.45, 2.75) is 26.3 Å². The summed E-state index contributed by atoms with van der Waals surface area (Å²) < 4.78 is 0.781. The Kier molecular flexibility index (Phi) is 3.43. The molecule has 2 N–H and O–H groups in total. The third kappa shape index (κ3) is 2.46. The van der Waals surface area contributed by atoms with Crippen molar-refractivity contribution in [1.29, 1.82) is 0 Å². The summed E-state index contributed by atoms with van der Waals surface area (Å²) >= 11 is 3.35. The summed E-state index contributed by atoms with van der Waals surface area (Å²) in [5, 5.41) is 0. The largest absolute Gasteiger partial charge is 0.398 e. The number of hydrogen-bond donors (Lipinski definition) is 1. The molecule has 3 nitrogen and oxygen atoms in total. The third-order valence-electron chi connectivity index (χ3n) is 3.29. The van der Waals surface area contributed by atoms with Crippen LogP contribution in [0.1, 0.15) is 30.6 Å². The molecule has 92 valence electrons. The number of hydrogen-bond acceptors (Lipinski definition) is 2. The number of nitrogens with zero attached hydrogens (tertiary/aromatic N) is 1. The van der Waals surface area contributed by atoms with E-state index in [2.05, 4.69) is 29.8 Å². The molecule has 2 rings (SSSR count). The summed E-state index contributed by atoms with van der Waals surface area (Å²) in [6.07, 6.45) is 1.09. The van der Waals surface area contributed by atoms with Crippen molar-refractivity contribution in [3.05, 3.63) is 28.2 Å². The van der Waals surface area contributed by atoms with Gasteiger partial charge >= 0.3 is 0 Å². The van der Waals surface area contributed by atoms with E-state index in [1.807, 2.05) is 4.90 Å². The molecule has 17 heavy (non-hydrogen) atoms. The second-order valence-electron chi connectivity index (χ2n) is 4.88. The second-order valence-corrected chi connectivity index (χ2v) is 5.74. The van der Waals surface area contributed by atoms with Gasteiger partial charge in [-0.25, -0.2) is 0 Å². The highest BCUT2D eigenvalue weighted by Gasteiger charge is 2.30. The summed E-state index contributed by atoms with van der Waals surface area (Å²) in [5.74, 6) is 0.689. The first-order chi connectivity index (χ1) is 7.99. The van der Waals surface area contributed by atoms with E-state index in [-0.39, 0.29) is 5.91 Å². The summed E-state index contributed by atoms with van der Waals surface area (Å²) in [7, 11) is 0. The predicted molar refractivity (Wildman–Crippen MR) is 72.8 cm³/mol. The number of nitrogen functional groups attached to an aromatic ring is 1. The highest BCUT2D eigenvalue weighted by Crippen LogP contribution is 2.26. The number of halogens is 1. The Labute approximate surface area is 110 Å². The number of nitrogens with two attached hydrogens (primary N) is 1. The maximum Gasteiger partial charge on any atom is 0.254 e. The van der Waals surface area contributed by atoms with Gasteiger partial charge in [0.25, 0.3) is 5.91 Å². The van der Waals surface area contributed by atoms with Gasteiger partial charge in [0, 0.05) is 28.3 Å². The van der Waals surface area contributed by atoms with Crippen molar-refractivity contribution in [3.63, 3.8) is 0 Å². The van der Waals surface area contributed by atoms with Gasteiger partial charge in [0.05, 0.1) is 0 Å². The van der Waals surface area contributed by atoms with Gasteiger partial charge in [-0.2, -0.15) is 0 Å². The van der Waals surface area contributed by atoms with Crippen LogP contribution >= 0.6 is 15.9 Å². The van der Waals surface area contributed by atoms with Crippen molar-refractivity contribution in [3.8, 4) is 0 Å². The molecule has 0 radical (unpaired) electrons. The van der Waals surface area contributed by atoms with Gasteiger partial charge < -0.3 is 10.6 Å². The Balaban J connectivity index is 2.22. The van der Waals surface area contributed by atoms with Crippen LogP contribution in [-0.2, 0) is 0 Å². The molecule has 0 bridgehead atoms. The van der Waals surface area contributed by atoms with Gasteiger partial charge in [-0.3, -0.25) is 4.79 Å². The van der Waals surface area contributed by atoms with E-state index in [9.17, 15) is 4.79 Å². The van der Waals surface area contributed by atoms with Gasteiger partial charge in [0.15, 0.2) is 0 Å². The minimum atomic E-state index is 0.0996. The van der Waals surface area contributed by atoms with E-state index >= 15 is 0 Å². The van der Waals surface area contributed by atoms with Crippen molar-refractivity contribution in [2.75, 3.05) is 12.3 Å². The lowest BCUT2D eigenvalue weighted by molar-refractivity contribution is 0.0744. The summed E-state index contributed by atoms with van der Waals surface area (Å²) in [5.41, 5.74) is 7.08. The Morgan fingerprint density at radius 1 is 1.47 bits per heavy atom. The topological polar surface area (TPSA) is 46.3 Å². The zero-order valence-corrected chi connectivity index (χ0v) is 11.7. The maximum atomic E-state index is 12.3. The molecular formula is C13H17BrN2O. The van der Waals surface area contributed by atoms with Crippen molar-refractivity contribution < 1.29 is 4.79 Å². The first kappa shape index (κ1) is 12.4. The Morgan fingerprint density at radius 2 is 2.18 bits per heavy atom. The van der Waals surface area contributed by atoms with Gasteiger partial charge in [0.2, 0.25) is 0 Å². The molecule has 0 spiro atoms. The van der Waals surface area contributed by atoms with E-state index in [1.165, 1.54) is 0 Å². The molecule has 2 atom stereocenters. The van der Waals surface area contributed by atoms with Crippen LogP contribution in [0.5, 0.6) is 0 Å². The zero-order chi connectivity index (χ0) is 12.6. The molecule has 0 aliphatic carbocycles. The van der Waals surface area contributed by atoms with Gasteiger partial charge in [-0.05, 0) is 53.4 Å². The number of amides is 1. The number of rotatable bonds is 1. The Bertz CT molecular complexity index is 447. The molecule has 1 heterocycles. The minimum Gasteiger partial charge on any atom is -0.398 e. The number of carbonyl (C=O) groups is 1. The quantitative estimate of drug-likeness (QED) is 0.810. The third-order valence-corrected chi connectivity index (χ3v) is 3.98. The normalized spacial score (nSPS) is 24.1. The van der Waals surface area contributed by atoms with Crippen molar-refractivity contribution in [1.82, 2.24) is 4.90 Å². The van der Waals surface area contributed by atoms with Crippen LogP contribution in [0.25, 0.3) is 0 Å². The molecule has 1 aromatic rings. The van der Waals surface area contributed by atoms with E-state index < -0.39 is 0 Å². The van der Waals surface area contributed by atoms with Crippen molar-refractivity contribution in [2.24, 2.45) is 5.92 Å². The number of likely N-dealkylation sites (tertiary alicyclic amines) is 1. The fourth-order valence-electron chi connectivity index (χ4n) is 2.41. The van der Waals surface area contributed by atoms with E-state index in [4.69, 9.17) is 5.73 Å². The average molecular weight is 297 g/mol. The van der Waals surface area contributed by atoms with Crippen LogP contribution in [0.2, 0.25) is 0 Å². The smallest absolute Gasteiger partial charge is 0.254 e. The molecule has 1 amide bonds. The fraction of sp³-hybridized carbons (Fsp3) is 0.462. The molecule has 0 aromatic heterocycles. The van der Waals surface area contributed by atoms with Crippen LogP contribution in [0.4, 0.5) is 5.69 Å². The molecule has 1 aliphatic heterocycles. The SMILES string of the molecule is CC1CC(C)N(C(=O)c2ccc(N)c(Br)c2)C1. The summed E-state index contributed by atoms with van der Waals surface area (Å²) in [6, 6.07) is 5.68. The summed E-state index contributed by atoms with van der Waals surface area (Å²) in [6.45, 7) is 5.14. The van der Waals surface area contributed by atoms with E-state index in [0.29, 0.717) is 23.2 Å². The number of anilines is 1. The monoisotopic (exact) mass is 296 g/mol. The first-order valence-corrected chi connectivity index (χ1v) is 6.64. The molecule has 0 saturated carbocycles. The molecule has 2 unspecified atom stereocenters. The lowest BCUT2D eigenvalue weighted by Crippen LogP contribution is -2.33. The minimum absolute atomic E-state index is 0.0996. The van der Waals surface area contributed by atoms with Gasteiger partial charge in [-0.15, -0.1) is 0 Å². The molecular weight excluding hydrogens is 280 g/mol. The zero-order valence-electron chi connectivity index (χ0n) is 10.1. The Hall–Kier alpha value is -1.03. The lowest BCUT2D eigenvalue weighted by atomic mass is 10.1. The molecule has 1 saturated heterocycles.